The van der Waals surface area contributed by atoms with Gasteiger partial charge >= 0.3 is 0 Å². The van der Waals surface area contributed by atoms with E-state index in [1.165, 1.54) is 64.2 Å². The Morgan fingerprint density at radius 1 is 0.938 bits per heavy atom. The average molecular weight is 225 g/mol. The molecular formula is C15H31N. The van der Waals surface area contributed by atoms with E-state index in [4.69, 9.17) is 0 Å². The maximum absolute atomic E-state index is 3.72. The summed E-state index contributed by atoms with van der Waals surface area (Å²) in [5.41, 5.74) is 0. The SMILES string of the molecule is CCCCCCC1CCCCCC1NCC. The molecule has 0 aliphatic heterocycles. The zero-order valence-corrected chi connectivity index (χ0v) is 11.4. The van der Waals surface area contributed by atoms with Crippen LogP contribution >= 0.6 is 0 Å². The molecule has 0 saturated heterocycles. The fraction of sp³-hybridized carbons (Fsp3) is 1.00. The van der Waals surface area contributed by atoms with E-state index in [2.05, 4.69) is 19.2 Å². The van der Waals surface area contributed by atoms with E-state index >= 15 is 0 Å². The van der Waals surface area contributed by atoms with E-state index in [0.717, 1.165) is 18.5 Å². The lowest BCUT2D eigenvalue weighted by molar-refractivity contribution is 0.311. The van der Waals surface area contributed by atoms with Gasteiger partial charge in [0.1, 0.15) is 0 Å². The van der Waals surface area contributed by atoms with Crippen LogP contribution in [0.25, 0.3) is 0 Å². The Hall–Kier alpha value is -0.0400. The highest BCUT2D eigenvalue weighted by Gasteiger charge is 2.21. The molecule has 0 amide bonds. The lowest BCUT2D eigenvalue weighted by Gasteiger charge is -2.25. The van der Waals surface area contributed by atoms with Crippen LogP contribution in [0.4, 0.5) is 0 Å². The van der Waals surface area contributed by atoms with Crippen LogP contribution in [0, 0.1) is 5.92 Å². The van der Waals surface area contributed by atoms with Crippen LogP contribution in [-0.4, -0.2) is 12.6 Å². The molecule has 2 atom stereocenters. The van der Waals surface area contributed by atoms with Crippen molar-refractivity contribution < 1.29 is 0 Å². The Kier molecular flexibility index (Phi) is 7.92. The van der Waals surface area contributed by atoms with Gasteiger partial charge in [0.2, 0.25) is 0 Å². The third-order valence-electron chi connectivity index (χ3n) is 4.05. The molecule has 0 bridgehead atoms. The van der Waals surface area contributed by atoms with Gasteiger partial charge in [0.15, 0.2) is 0 Å². The van der Waals surface area contributed by atoms with Crippen LogP contribution in [0.15, 0.2) is 0 Å². The van der Waals surface area contributed by atoms with Gasteiger partial charge in [-0.3, -0.25) is 0 Å². The molecular weight excluding hydrogens is 194 g/mol. The Morgan fingerprint density at radius 2 is 1.75 bits per heavy atom. The van der Waals surface area contributed by atoms with E-state index in [1.807, 2.05) is 0 Å². The monoisotopic (exact) mass is 225 g/mol. The first kappa shape index (κ1) is 14.0. The summed E-state index contributed by atoms with van der Waals surface area (Å²) in [4.78, 5) is 0. The predicted octanol–water partition coefficient (Wildman–Crippen LogP) is 4.52. The summed E-state index contributed by atoms with van der Waals surface area (Å²) in [6.45, 7) is 5.70. The fourth-order valence-electron chi connectivity index (χ4n) is 3.09. The van der Waals surface area contributed by atoms with Crippen LogP contribution in [0.2, 0.25) is 0 Å². The first-order valence-corrected chi connectivity index (χ1v) is 7.61. The van der Waals surface area contributed by atoms with Crippen LogP contribution in [0.1, 0.15) is 78.1 Å². The molecule has 96 valence electrons. The maximum atomic E-state index is 3.72. The molecule has 1 heteroatoms. The molecule has 0 aromatic carbocycles. The molecule has 16 heavy (non-hydrogen) atoms. The molecule has 1 aliphatic carbocycles. The summed E-state index contributed by atoms with van der Waals surface area (Å²) in [5.74, 6) is 0.972. The number of rotatable bonds is 7. The molecule has 1 aliphatic rings. The quantitative estimate of drug-likeness (QED) is 0.496. The third kappa shape index (κ3) is 5.34. The van der Waals surface area contributed by atoms with Crippen molar-refractivity contribution in [1.29, 1.82) is 0 Å². The topological polar surface area (TPSA) is 12.0 Å². The smallest absolute Gasteiger partial charge is 0.00952 e. The Labute approximate surface area is 102 Å². The maximum Gasteiger partial charge on any atom is 0.00952 e. The third-order valence-corrected chi connectivity index (χ3v) is 4.05. The summed E-state index contributed by atoms with van der Waals surface area (Å²) < 4.78 is 0. The fourth-order valence-corrected chi connectivity index (χ4v) is 3.09. The molecule has 0 spiro atoms. The first-order valence-electron chi connectivity index (χ1n) is 7.61. The van der Waals surface area contributed by atoms with Gasteiger partial charge in [-0.25, -0.2) is 0 Å². The zero-order valence-electron chi connectivity index (χ0n) is 11.4. The highest BCUT2D eigenvalue weighted by Crippen LogP contribution is 2.27. The Bertz CT molecular complexity index is 156. The minimum absolute atomic E-state index is 0.828. The molecule has 1 nitrogen and oxygen atoms in total. The van der Waals surface area contributed by atoms with Crippen molar-refractivity contribution in [3.05, 3.63) is 0 Å². The minimum atomic E-state index is 0.828. The van der Waals surface area contributed by atoms with Crippen molar-refractivity contribution in [2.24, 2.45) is 5.92 Å². The summed E-state index contributed by atoms with van der Waals surface area (Å²) in [6, 6.07) is 0.828. The normalized spacial score (nSPS) is 26.6. The van der Waals surface area contributed by atoms with Gasteiger partial charge in [0.25, 0.3) is 0 Å². The van der Waals surface area contributed by atoms with Crippen molar-refractivity contribution in [3.8, 4) is 0 Å². The van der Waals surface area contributed by atoms with E-state index in [-0.39, 0.29) is 0 Å². The number of unbranched alkanes of at least 4 members (excludes halogenated alkanes) is 3. The van der Waals surface area contributed by atoms with Crippen LogP contribution < -0.4 is 5.32 Å². The summed E-state index contributed by atoms with van der Waals surface area (Å²) in [6.07, 6.45) is 14.5. The van der Waals surface area contributed by atoms with Gasteiger partial charge in [0.05, 0.1) is 0 Å². The van der Waals surface area contributed by atoms with Crippen LogP contribution in [0.3, 0.4) is 0 Å². The van der Waals surface area contributed by atoms with Crippen molar-refractivity contribution in [1.82, 2.24) is 5.32 Å². The first-order chi connectivity index (χ1) is 7.88. The van der Waals surface area contributed by atoms with Crippen molar-refractivity contribution in [2.45, 2.75) is 84.1 Å². The molecule has 0 radical (unpaired) electrons. The second-order valence-electron chi connectivity index (χ2n) is 5.41. The number of hydrogen-bond acceptors (Lipinski definition) is 1. The standard InChI is InChI=1S/C15H31N/c1-3-5-6-8-11-14-12-9-7-10-13-15(14)16-4-2/h14-16H,3-13H2,1-2H3. The summed E-state index contributed by atoms with van der Waals surface area (Å²) in [7, 11) is 0. The van der Waals surface area contributed by atoms with Gasteiger partial charge in [-0.1, -0.05) is 58.8 Å². The highest BCUT2D eigenvalue weighted by molar-refractivity contribution is 4.79. The average Bonchev–Trinajstić information content (AvgIpc) is 2.51. The van der Waals surface area contributed by atoms with Crippen molar-refractivity contribution in [2.75, 3.05) is 6.54 Å². The van der Waals surface area contributed by atoms with Crippen molar-refractivity contribution in [3.63, 3.8) is 0 Å². The number of nitrogens with one attached hydrogen (secondary N) is 1. The van der Waals surface area contributed by atoms with Crippen molar-refractivity contribution >= 4 is 0 Å². The summed E-state index contributed by atoms with van der Waals surface area (Å²) >= 11 is 0. The number of hydrogen-bond donors (Lipinski definition) is 1. The molecule has 1 rings (SSSR count). The second-order valence-corrected chi connectivity index (χ2v) is 5.41. The molecule has 1 N–H and O–H groups in total. The van der Waals surface area contributed by atoms with Crippen LogP contribution in [-0.2, 0) is 0 Å². The minimum Gasteiger partial charge on any atom is -0.314 e. The second kappa shape index (κ2) is 9.04. The largest absolute Gasteiger partial charge is 0.314 e. The zero-order chi connectivity index (χ0) is 11.6. The lowest BCUT2D eigenvalue weighted by atomic mass is 9.89. The molecule has 2 unspecified atom stereocenters. The van der Waals surface area contributed by atoms with E-state index in [0.29, 0.717) is 0 Å². The highest BCUT2D eigenvalue weighted by atomic mass is 14.9. The van der Waals surface area contributed by atoms with Gasteiger partial charge in [-0.2, -0.15) is 0 Å². The predicted molar refractivity (Wildman–Crippen MR) is 72.8 cm³/mol. The molecule has 0 heterocycles. The molecule has 0 aromatic heterocycles. The van der Waals surface area contributed by atoms with Gasteiger partial charge in [0, 0.05) is 6.04 Å². The molecule has 0 aromatic rings. The summed E-state index contributed by atoms with van der Waals surface area (Å²) in [5, 5.41) is 3.72. The Morgan fingerprint density at radius 3 is 2.50 bits per heavy atom. The van der Waals surface area contributed by atoms with E-state index in [1.54, 1.807) is 0 Å². The van der Waals surface area contributed by atoms with Gasteiger partial charge < -0.3 is 5.32 Å². The lowest BCUT2D eigenvalue weighted by Crippen LogP contribution is -2.35. The Balaban J connectivity index is 2.26. The van der Waals surface area contributed by atoms with Crippen LogP contribution in [0.5, 0.6) is 0 Å². The van der Waals surface area contributed by atoms with E-state index < -0.39 is 0 Å². The van der Waals surface area contributed by atoms with E-state index in [9.17, 15) is 0 Å². The van der Waals surface area contributed by atoms with Gasteiger partial charge in [-0.05, 0) is 31.7 Å². The van der Waals surface area contributed by atoms with Gasteiger partial charge in [-0.15, -0.1) is 0 Å². The molecule has 1 saturated carbocycles. The molecule has 1 fully saturated rings.